The van der Waals surface area contributed by atoms with E-state index in [0.29, 0.717) is 0 Å². The zero-order chi connectivity index (χ0) is 0. The summed E-state index contributed by atoms with van der Waals surface area (Å²) in [5.74, 6) is 0. The summed E-state index contributed by atoms with van der Waals surface area (Å²) in [4.78, 5) is 0. The van der Waals surface area contributed by atoms with E-state index in [1.807, 2.05) is 0 Å². The summed E-state index contributed by atoms with van der Waals surface area (Å²) in [7, 11) is 0. The van der Waals surface area contributed by atoms with Crippen LogP contribution >= 0.6 is 0 Å². The van der Waals surface area contributed by atoms with Crippen molar-refractivity contribution in [3.05, 3.63) is 0 Å². The van der Waals surface area contributed by atoms with Crippen molar-refractivity contribution in [2.24, 2.45) is 0 Å². The minimum atomic E-state index is 0. The van der Waals surface area contributed by atoms with Crippen LogP contribution in [0.1, 0.15) is 0 Å². The minimum absolute atomic E-state index is 0. The van der Waals surface area contributed by atoms with E-state index in [1.54, 1.807) is 0 Å². The summed E-state index contributed by atoms with van der Waals surface area (Å²) in [5.41, 5.74) is 0. The van der Waals surface area contributed by atoms with Crippen molar-refractivity contribution in [1.82, 2.24) is 0 Å². The van der Waals surface area contributed by atoms with E-state index < -0.39 is 0 Å². The molecule has 0 spiro atoms. The van der Waals surface area contributed by atoms with Gasteiger partial charge < -0.3 is 0 Å². The quantitative estimate of drug-likeness (QED) is 0.551. The SMILES string of the molecule is [Cu].[Fe].[Nb].[Ni].[Ti]. The first-order chi connectivity index (χ1) is 0. The Balaban J connectivity index is 0. The first-order valence-corrected chi connectivity index (χ1v) is 0. The van der Waals surface area contributed by atoms with Gasteiger partial charge in [-0.05, 0) is 0 Å². The molecule has 0 fully saturated rings. The summed E-state index contributed by atoms with van der Waals surface area (Å²) >= 11 is 0. The van der Waals surface area contributed by atoms with Crippen LogP contribution in [0.2, 0.25) is 0 Å². The molecule has 0 amide bonds. The van der Waals surface area contributed by atoms with Crippen molar-refractivity contribution in [3.63, 3.8) is 0 Å². The molecule has 0 aliphatic rings. The third-order valence-electron chi connectivity index (χ3n) is 0. The van der Waals surface area contributed by atoms with E-state index in [0.717, 1.165) is 0 Å². The van der Waals surface area contributed by atoms with Crippen molar-refractivity contribution < 1.29 is 94.7 Å². The van der Waals surface area contributed by atoms with Gasteiger partial charge >= 0.3 is 0 Å². The second-order valence-electron chi connectivity index (χ2n) is 0. The van der Waals surface area contributed by atoms with Gasteiger partial charge in [-0.2, -0.15) is 0 Å². The predicted octanol–water partition coefficient (Wildman–Crippen LogP) is -0.0125. The van der Waals surface area contributed by atoms with E-state index in [1.165, 1.54) is 0 Å². The Morgan fingerprint density at radius 1 is 1.00 bits per heavy atom. The van der Waals surface area contributed by atoms with E-state index in [2.05, 4.69) is 0 Å². The van der Waals surface area contributed by atoms with E-state index >= 15 is 0 Å². The molecule has 0 saturated heterocycles. The van der Waals surface area contributed by atoms with Gasteiger partial charge in [-0.1, -0.05) is 0 Å². The van der Waals surface area contributed by atoms with Crippen LogP contribution in [0.5, 0.6) is 0 Å². The summed E-state index contributed by atoms with van der Waals surface area (Å²) in [6.45, 7) is 0. The molecule has 38 valence electrons. The third-order valence-corrected chi connectivity index (χ3v) is 0. The number of hydrogen-bond donors (Lipinski definition) is 0. The molecule has 0 N–H and O–H groups in total. The van der Waals surface area contributed by atoms with Crippen LogP contribution in [0.15, 0.2) is 0 Å². The fourth-order valence-corrected chi connectivity index (χ4v) is 0. The summed E-state index contributed by atoms with van der Waals surface area (Å²) in [5, 5.41) is 0. The van der Waals surface area contributed by atoms with Gasteiger partial charge in [-0.15, -0.1) is 0 Å². The molecule has 0 aromatic rings. The van der Waals surface area contributed by atoms with Gasteiger partial charge in [0.2, 0.25) is 0 Å². The molecule has 0 aromatic heterocycles. The molecular formula is CuFeNbNiTi. The van der Waals surface area contributed by atoms with Crippen LogP contribution < -0.4 is 0 Å². The van der Waals surface area contributed by atoms with Crippen molar-refractivity contribution >= 4 is 0 Å². The molecule has 2 radical (unpaired) electrons. The topological polar surface area (TPSA) is 0 Å². The van der Waals surface area contributed by atoms with Crippen LogP contribution in [0, 0.1) is 0 Å². The number of hydrogen-bond acceptors (Lipinski definition) is 0. The molecule has 0 heterocycles. The van der Waals surface area contributed by atoms with E-state index in [-0.39, 0.29) is 94.7 Å². The molecule has 0 bridgehead atoms. The maximum atomic E-state index is 0. The normalized spacial score (nSPS) is 0. The molecule has 0 nitrogen and oxygen atoms in total. The molecule has 0 saturated carbocycles. The van der Waals surface area contributed by atoms with Crippen LogP contribution in [0.4, 0.5) is 0 Å². The zero-order valence-electron chi connectivity index (χ0n) is 1.92. The monoisotopic (exact) mass is 318 g/mol. The Labute approximate surface area is 93.2 Å². The fourth-order valence-electron chi connectivity index (χ4n) is 0. The predicted molar refractivity (Wildman–Crippen MR) is 0 cm³/mol. The van der Waals surface area contributed by atoms with Crippen molar-refractivity contribution in [1.29, 1.82) is 0 Å². The van der Waals surface area contributed by atoms with Gasteiger partial charge in [0.1, 0.15) is 0 Å². The average molecular weight is 319 g/mol. The first kappa shape index (κ1) is 43.7. The Morgan fingerprint density at radius 2 is 1.00 bits per heavy atom. The molecule has 0 unspecified atom stereocenters. The number of rotatable bonds is 0. The molecule has 5 heteroatoms. The van der Waals surface area contributed by atoms with Crippen LogP contribution in [0.25, 0.3) is 0 Å². The average Bonchev–Trinajstić information content (AvgIpc) is 0. The van der Waals surface area contributed by atoms with Crippen molar-refractivity contribution in [2.45, 2.75) is 0 Å². The van der Waals surface area contributed by atoms with Crippen LogP contribution in [-0.4, -0.2) is 0 Å². The Kier molecular flexibility index (Phi) is 245. The van der Waals surface area contributed by atoms with Crippen LogP contribution in [-0.2, 0) is 94.7 Å². The molecule has 0 rings (SSSR count). The summed E-state index contributed by atoms with van der Waals surface area (Å²) in [6.07, 6.45) is 0. The standard InChI is InChI=1S/Cu.Fe.Nb.Ni.Ti. The first-order valence-electron chi connectivity index (χ1n) is 0. The van der Waals surface area contributed by atoms with Gasteiger partial charge in [0.15, 0.2) is 0 Å². The van der Waals surface area contributed by atoms with E-state index in [9.17, 15) is 0 Å². The van der Waals surface area contributed by atoms with Gasteiger partial charge in [-0.25, -0.2) is 0 Å². The zero-order valence-corrected chi connectivity index (χ0v) is 8.71. The second kappa shape index (κ2) is 28.1. The van der Waals surface area contributed by atoms with Gasteiger partial charge in [0.05, 0.1) is 0 Å². The molecule has 5 heavy (non-hydrogen) atoms. The second-order valence-corrected chi connectivity index (χ2v) is 0. The molecule has 0 aliphatic heterocycles. The maximum absolute atomic E-state index is 0. The summed E-state index contributed by atoms with van der Waals surface area (Å²) < 4.78 is 0. The minimum Gasteiger partial charge on any atom is 0 e. The smallest absolute Gasteiger partial charge is 0 e. The summed E-state index contributed by atoms with van der Waals surface area (Å²) in [6, 6.07) is 0. The Bertz CT molecular complexity index is 11.6. The molecular weight excluding hydrogens is 319 g/mol. The fraction of sp³-hybridized carbons (Fsp3) is 0. The molecule has 0 aromatic carbocycles. The Hall–Kier alpha value is 2.99. The van der Waals surface area contributed by atoms with Crippen molar-refractivity contribution in [3.8, 4) is 0 Å². The third kappa shape index (κ3) is 19.5. The molecule has 0 aliphatic carbocycles. The van der Waals surface area contributed by atoms with Gasteiger partial charge in [0.25, 0.3) is 0 Å². The molecule has 0 atom stereocenters. The maximum Gasteiger partial charge on any atom is 0 e. The largest absolute Gasteiger partial charge is 0 e. The van der Waals surface area contributed by atoms with Crippen LogP contribution in [0.3, 0.4) is 0 Å². The van der Waals surface area contributed by atoms with Gasteiger partial charge in [0, 0.05) is 94.7 Å². The van der Waals surface area contributed by atoms with E-state index in [4.69, 9.17) is 0 Å². The Morgan fingerprint density at radius 3 is 1.00 bits per heavy atom. The van der Waals surface area contributed by atoms with Gasteiger partial charge in [-0.3, -0.25) is 0 Å². The van der Waals surface area contributed by atoms with Crippen molar-refractivity contribution in [2.75, 3.05) is 0 Å².